The minimum atomic E-state index is 0.230. The van der Waals surface area contributed by atoms with Crippen molar-refractivity contribution >= 4 is 11.3 Å². The molecule has 1 aromatic carbocycles. The van der Waals surface area contributed by atoms with Crippen molar-refractivity contribution in [1.29, 1.82) is 0 Å². The van der Waals surface area contributed by atoms with Crippen LogP contribution in [0.15, 0.2) is 36.4 Å². The summed E-state index contributed by atoms with van der Waals surface area (Å²) in [5, 5.41) is 8.84. The smallest absolute Gasteiger partial charge is 0.0479 e. The van der Waals surface area contributed by atoms with Crippen LogP contribution >= 0.6 is 11.3 Å². The van der Waals surface area contributed by atoms with E-state index in [1.165, 1.54) is 20.9 Å². The van der Waals surface area contributed by atoms with Crippen molar-refractivity contribution in [3.05, 3.63) is 46.8 Å². The van der Waals surface area contributed by atoms with Gasteiger partial charge in [-0.1, -0.05) is 29.8 Å². The molecule has 1 aromatic heterocycles. The van der Waals surface area contributed by atoms with Gasteiger partial charge in [0.25, 0.3) is 0 Å². The van der Waals surface area contributed by atoms with Crippen LogP contribution in [0.4, 0.5) is 0 Å². The van der Waals surface area contributed by atoms with Crippen LogP contribution in [0.5, 0.6) is 0 Å². The van der Waals surface area contributed by atoms with Gasteiger partial charge in [0.15, 0.2) is 0 Å². The lowest BCUT2D eigenvalue weighted by Gasteiger charge is -1.97. The molecular formula is C13H14OS. The molecule has 2 aromatic rings. The van der Waals surface area contributed by atoms with Gasteiger partial charge in [-0.3, -0.25) is 0 Å². The summed E-state index contributed by atoms with van der Waals surface area (Å²) in [6, 6.07) is 12.8. The summed E-state index contributed by atoms with van der Waals surface area (Å²) in [6.07, 6.45) is 0.760. The quantitative estimate of drug-likeness (QED) is 0.838. The zero-order valence-electron chi connectivity index (χ0n) is 8.73. The summed E-state index contributed by atoms with van der Waals surface area (Å²) in [5.74, 6) is 0. The number of thiophene rings is 1. The molecule has 0 bridgehead atoms. The van der Waals surface area contributed by atoms with E-state index in [-0.39, 0.29) is 6.61 Å². The van der Waals surface area contributed by atoms with E-state index in [0.29, 0.717) is 0 Å². The largest absolute Gasteiger partial charge is 0.396 e. The first-order valence-electron chi connectivity index (χ1n) is 5.06. The van der Waals surface area contributed by atoms with E-state index in [4.69, 9.17) is 5.11 Å². The van der Waals surface area contributed by atoms with Crippen LogP contribution in [0.2, 0.25) is 0 Å². The number of aliphatic hydroxyl groups excluding tert-OH is 1. The average Bonchev–Trinajstić information content (AvgIpc) is 2.68. The molecule has 0 unspecified atom stereocenters. The van der Waals surface area contributed by atoms with Gasteiger partial charge in [0.05, 0.1) is 0 Å². The molecule has 1 nitrogen and oxygen atoms in total. The molecule has 0 radical (unpaired) electrons. The van der Waals surface area contributed by atoms with E-state index in [1.807, 2.05) is 0 Å². The Morgan fingerprint density at radius 3 is 2.47 bits per heavy atom. The lowest BCUT2D eigenvalue weighted by atomic mass is 10.1. The van der Waals surface area contributed by atoms with Crippen molar-refractivity contribution in [1.82, 2.24) is 0 Å². The lowest BCUT2D eigenvalue weighted by Crippen LogP contribution is -1.84. The Hall–Kier alpha value is -1.12. The van der Waals surface area contributed by atoms with Gasteiger partial charge in [-0.05, 0) is 24.6 Å². The maximum absolute atomic E-state index is 8.84. The SMILES string of the molecule is Cc1ccc(-c2ccc(CCO)s2)cc1. The third-order valence-electron chi connectivity index (χ3n) is 2.36. The number of rotatable bonds is 3. The van der Waals surface area contributed by atoms with Crippen molar-refractivity contribution in [3.63, 3.8) is 0 Å². The molecule has 15 heavy (non-hydrogen) atoms. The van der Waals surface area contributed by atoms with Gasteiger partial charge in [0.2, 0.25) is 0 Å². The fourth-order valence-electron chi connectivity index (χ4n) is 1.50. The molecule has 0 aliphatic heterocycles. The summed E-state index contributed by atoms with van der Waals surface area (Å²) in [5.41, 5.74) is 2.54. The van der Waals surface area contributed by atoms with Crippen LogP contribution in [0, 0.1) is 6.92 Å². The first kappa shape index (κ1) is 10.4. The number of hydrogen-bond donors (Lipinski definition) is 1. The van der Waals surface area contributed by atoms with Crippen LogP contribution in [-0.4, -0.2) is 11.7 Å². The summed E-state index contributed by atoms with van der Waals surface area (Å²) in [7, 11) is 0. The zero-order chi connectivity index (χ0) is 10.7. The molecule has 0 atom stereocenters. The van der Waals surface area contributed by atoms with E-state index >= 15 is 0 Å². The van der Waals surface area contributed by atoms with Gasteiger partial charge in [-0.2, -0.15) is 0 Å². The van der Waals surface area contributed by atoms with Crippen LogP contribution in [-0.2, 0) is 6.42 Å². The third-order valence-corrected chi connectivity index (χ3v) is 3.55. The standard InChI is InChI=1S/C13H14OS/c1-10-2-4-11(5-3-10)13-7-6-12(15-13)8-9-14/h2-7,14H,8-9H2,1H3. The van der Waals surface area contributed by atoms with E-state index in [2.05, 4.69) is 43.3 Å². The molecule has 0 saturated heterocycles. The minimum absolute atomic E-state index is 0.230. The van der Waals surface area contributed by atoms with Crippen LogP contribution < -0.4 is 0 Å². The van der Waals surface area contributed by atoms with Gasteiger partial charge in [-0.15, -0.1) is 11.3 Å². The lowest BCUT2D eigenvalue weighted by molar-refractivity contribution is 0.300. The molecule has 2 heteroatoms. The maximum Gasteiger partial charge on any atom is 0.0479 e. The number of aliphatic hydroxyl groups is 1. The Balaban J connectivity index is 2.25. The summed E-state index contributed by atoms with van der Waals surface area (Å²) < 4.78 is 0. The monoisotopic (exact) mass is 218 g/mol. The fraction of sp³-hybridized carbons (Fsp3) is 0.231. The fourth-order valence-corrected chi connectivity index (χ4v) is 2.50. The Morgan fingerprint density at radius 2 is 1.80 bits per heavy atom. The molecule has 1 heterocycles. The second-order valence-electron chi connectivity index (χ2n) is 3.61. The zero-order valence-corrected chi connectivity index (χ0v) is 9.55. The molecule has 0 fully saturated rings. The Kier molecular flexibility index (Phi) is 3.19. The first-order valence-corrected chi connectivity index (χ1v) is 5.88. The van der Waals surface area contributed by atoms with Crippen LogP contribution in [0.3, 0.4) is 0 Å². The van der Waals surface area contributed by atoms with Gasteiger partial charge in [0, 0.05) is 22.8 Å². The highest BCUT2D eigenvalue weighted by atomic mass is 32.1. The predicted octanol–water partition coefficient (Wildman–Crippen LogP) is 3.26. The molecule has 0 amide bonds. The van der Waals surface area contributed by atoms with Crippen molar-refractivity contribution in [3.8, 4) is 10.4 Å². The van der Waals surface area contributed by atoms with Crippen LogP contribution in [0.1, 0.15) is 10.4 Å². The van der Waals surface area contributed by atoms with E-state index < -0.39 is 0 Å². The Bertz CT molecular complexity index is 428. The summed E-state index contributed by atoms with van der Waals surface area (Å²) in [6.45, 7) is 2.32. The van der Waals surface area contributed by atoms with E-state index in [0.717, 1.165) is 6.42 Å². The maximum atomic E-state index is 8.84. The minimum Gasteiger partial charge on any atom is -0.396 e. The van der Waals surface area contributed by atoms with Crippen molar-refractivity contribution in [2.45, 2.75) is 13.3 Å². The molecular weight excluding hydrogens is 204 g/mol. The van der Waals surface area contributed by atoms with Gasteiger partial charge in [0.1, 0.15) is 0 Å². The third kappa shape index (κ3) is 2.46. The first-order chi connectivity index (χ1) is 7.29. The predicted molar refractivity (Wildman–Crippen MR) is 65.3 cm³/mol. The molecule has 0 aliphatic rings. The molecule has 2 rings (SSSR count). The Labute approximate surface area is 94.0 Å². The normalized spacial score (nSPS) is 10.5. The highest BCUT2D eigenvalue weighted by molar-refractivity contribution is 7.15. The molecule has 78 valence electrons. The van der Waals surface area contributed by atoms with Crippen molar-refractivity contribution < 1.29 is 5.11 Å². The summed E-state index contributed by atoms with van der Waals surface area (Å²) >= 11 is 1.76. The Morgan fingerprint density at radius 1 is 1.07 bits per heavy atom. The second-order valence-corrected chi connectivity index (χ2v) is 4.77. The van der Waals surface area contributed by atoms with E-state index in [9.17, 15) is 0 Å². The van der Waals surface area contributed by atoms with Gasteiger partial charge < -0.3 is 5.11 Å². The summed E-state index contributed by atoms with van der Waals surface area (Å²) in [4.78, 5) is 2.52. The topological polar surface area (TPSA) is 20.2 Å². The molecule has 0 aliphatic carbocycles. The number of aryl methyl sites for hydroxylation is 1. The number of benzene rings is 1. The van der Waals surface area contributed by atoms with Gasteiger partial charge in [-0.25, -0.2) is 0 Å². The molecule has 1 N–H and O–H groups in total. The second kappa shape index (κ2) is 4.60. The van der Waals surface area contributed by atoms with Crippen molar-refractivity contribution in [2.24, 2.45) is 0 Å². The number of hydrogen-bond acceptors (Lipinski definition) is 2. The highest BCUT2D eigenvalue weighted by Gasteiger charge is 2.01. The molecule has 0 saturated carbocycles. The van der Waals surface area contributed by atoms with Crippen LogP contribution in [0.25, 0.3) is 10.4 Å². The average molecular weight is 218 g/mol. The van der Waals surface area contributed by atoms with Crippen molar-refractivity contribution in [2.75, 3.05) is 6.61 Å². The van der Waals surface area contributed by atoms with Gasteiger partial charge >= 0.3 is 0 Å². The molecule has 0 spiro atoms. The highest BCUT2D eigenvalue weighted by Crippen LogP contribution is 2.28. The van der Waals surface area contributed by atoms with E-state index in [1.54, 1.807) is 11.3 Å².